The maximum absolute atomic E-state index is 14.7. The highest BCUT2D eigenvalue weighted by atomic mass is 32.2. The molecule has 38 heavy (non-hydrogen) atoms. The van der Waals surface area contributed by atoms with Gasteiger partial charge in [0.15, 0.2) is 10.8 Å². The largest absolute Gasteiger partial charge is 0.481 e. The number of hydrogen-bond acceptors (Lipinski definition) is 9. The molecule has 0 aliphatic carbocycles. The monoisotopic (exact) mass is 537 g/mol. The van der Waals surface area contributed by atoms with Gasteiger partial charge in [0.2, 0.25) is 11.8 Å². The number of anilines is 1. The molecular formula is C26H24FN5O5S. The molecule has 1 amide bonds. The quantitative estimate of drug-likeness (QED) is 0.356. The van der Waals surface area contributed by atoms with E-state index in [1.807, 2.05) is 37.6 Å². The normalized spacial score (nSPS) is 11.2. The summed E-state index contributed by atoms with van der Waals surface area (Å²) in [7, 11) is -2.99. The zero-order valence-corrected chi connectivity index (χ0v) is 21.8. The molecule has 3 aromatic heterocycles. The first kappa shape index (κ1) is 26.5. The van der Waals surface area contributed by atoms with E-state index in [2.05, 4.69) is 15.0 Å². The molecule has 0 unspecified atom stereocenters. The van der Waals surface area contributed by atoms with Crippen LogP contribution in [0.25, 0.3) is 11.3 Å². The minimum Gasteiger partial charge on any atom is -0.481 e. The molecular weight excluding hydrogens is 513 g/mol. The third kappa shape index (κ3) is 5.54. The summed E-state index contributed by atoms with van der Waals surface area (Å²) in [6.45, 7) is 5.57. The van der Waals surface area contributed by atoms with Gasteiger partial charge in [0.25, 0.3) is 15.9 Å². The van der Waals surface area contributed by atoms with Crippen LogP contribution in [0.15, 0.2) is 59.8 Å². The number of rotatable bonds is 7. The number of carbonyl (C=O) groups is 1. The maximum Gasteiger partial charge on any atom is 0.281 e. The summed E-state index contributed by atoms with van der Waals surface area (Å²) in [5, 5.41) is -0.436. The SMILES string of the molecule is COc1cc(-c2ccc(C(=O)NS(=O)(=O)c3cccc(N)n3)c(Oc3c(C)cc(C)cc3C)n2)c(F)cn1. The Morgan fingerprint density at radius 1 is 1.03 bits per heavy atom. The van der Waals surface area contributed by atoms with E-state index in [0.717, 1.165) is 22.9 Å². The number of aryl methyl sites for hydroxylation is 3. The summed E-state index contributed by atoms with van der Waals surface area (Å²) >= 11 is 0. The molecule has 0 saturated heterocycles. The fraction of sp³-hybridized carbons (Fsp3) is 0.154. The lowest BCUT2D eigenvalue weighted by Crippen LogP contribution is -2.31. The van der Waals surface area contributed by atoms with Gasteiger partial charge in [-0.25, -0.2) is 24.1 Å². The fourth-order valence-corrected chi connectivity index (χ4v) is 4.74. The number of nitrogens with zero attached hydrogens (tertiary/aromatic N) is 3. The van der Waals surface area contributed by atoms with Gasteiger partial charge in [-0.05, 0) is 56.2 Å². The molecule has 4 rings (SSSR count). The number of aromatic nitrogens is 3. The maximum atomic E-state index is 14.7. The Balaban J connectivity index is 1.81. The molecule has 0 bridgehead atoms. The van der Waals surface area contributed by atoms with E-state index in [0.29, 0.717) is 5.75 Å². The average Bonchev–Trinajstić information content (AvgIpc) is 2.86. The standard InChI is InChI=1S/C26H24FN5O5S/c1-14-10-15(2)24(16(3)11-14)37-26-17(25(33)32-38(34,35)23-7-5-6-21(28)31-23)8-9-20(30-26)18-12-22(36-4)29-13-19(18)27/h5-13H,1-4H3,(H2,28,31)(H,32,33). The number of nitrogens with one attached hydrogen (secondary N) is 1. The van der Waals surface area contributed by atoms with Crippen molar-refractivity contribution in [2.24, 2.45) is 0 Å². The van der Waals surface area contributed by atoms with E-state index in [-0.39, 0.29) is 34.4 Å². The van der Waals surface area contributed by atoms with Crippen LogP contribution in [-0.2, 0) is 10.0 Å². The number of nitrogens with two attached hydrogens (primary N) is 1. The van der Waals surface area contributed by atoms with Crippen LogP contribution < -0.4 is 19.9 Å². The number of hydrogen-bond donors (Lipinski definition) is 2. The number of carbonyl (C=O) groups excluding carboxylic acids is 1. The Morgan fingerprint density at radius 2 is 1.74 bits per heavy atom. The Bertz CT molecular complexity index is 1640. The molecule has 3 N–H and O–H groups in total. The van der Waals surface area contributed by atoms with Crippen LogP contribution in [0, 0.1) is 26.6 Å². The van der Waals surface area contributed by atoms with Crippen LogP contribution in [-0.4, -0.2) is 36.4 Å². The third-order valence-corrected chi connectivity index (χ3v) is 6.70. The van der Waals surface area contributed by atoms with Crippen LogP contribution in [0.3, 0.4) is 0 Å². The highest BCUT2D eigenvalue weighted by Gasteiger charge is 2.25. The number of benzene rings is 1. The van der Waals surface area contributed by atoms with Gasteiger partial charge in [-0.2, -0.15) is 8.42 Å². The van der Waals surface area contributed by atoms with Crippen molar-refractivity contribution >= 4 is 21.7 Å². The van der Waals surface area contributed by atoms with Crippen LogP contribution >= 0.6 is 0 Å². The molecule has 0 aliphatic rings. The smallest absolute Gasteiger partial charge is 0.281 e. The minimum absolute atomic E-state index is 0.0320. The van der Waals surface area contributed by atoms with E-state index in [9.17, 15) is 17.6 Å². The molecule has 0 saturated carbocycles. The van der Waals surface area contributed by atoms with Gasteiger partial charge < -0.3 is 15.2 Å². The van der Waals surface area contributed by atoms with Crippen molar-refractivity contribution < 1.29 is 27.1 Å². The second-order valence-corrected chi connectivity index (χ2v) is 10.1. The molecule has 3 heterocycles. The Hall–Kier alpha value is -4.58. The van der Waals surface area contributed by atoms with Gasteiger partial charge in [0.05, 0.1) is 19.0 Å². The summed E-state index contributed by atoms with van der Waals surface area (Å²) < 4.78 is 53.4. The molecule has 4 aromatic rings. The van der Waals surface area contributed by atoms with E-state index in [4.69, 9.17) is 15.2 Å². The molecule has 0 spiro atoms. The Morgan fingerprint density at radius 3 is 2.39 bits per heavy atom. The first-order chi connectivity index (χ1) is 18.0. The first-order valence-corrected chi connectivity index (χ1v) is 12.7. The Kier molecular flexibility index (Phi) is 7.26. The number of halogens is 1. The lowest BCUT2D eigenvalue weighted by atomic mass is 10.1. The van der Waals surface area contributed by atoms with Gasteiger partial charge in [-0.1, -0.05) is 23.8 Å². The van der Waals surface area contributed by atoms with Crippen LogP contribution in [0.4, 0.5) is 10.2 Å². The Labute approximate surface area is 218 Å². The summed E-state index contributed by atoms with van der Waals surface area (Å²) in [4.78, 5) is 25.2. The van der Waals surface area contributed by atoms with Crippen molar-refractivity contribution in [3.05, 3.63) is 82.8 Å². The zero-order valence-electron chi connectivity index (χ0n) is 20.9. The van der Waals surface area contributed by atoms with Crippen LogP contribution in [0.5, 0.6) is 17.5 Å². The topological polar surface area (TPSA) is 146 Å². The van der Waals surface area contributed by atoms with Crippen molar-refractivity contribution in [3.63, 3.8) is 0 Å². The molecule has 1 aromatic carbocycles. The molecule has 196 valence electrons. The van der Waals surface area contributed by atoms with E-state index in [1.165, 1.54) is 43.5 Å². The van der Waals surface area contributed by atoms with Gasteiger partial charge in [0, 0.05) is 11.6 Å². The number of methoxy groups -OCH3 is 1. The summed E-state index contributed by atoms with van der Waals surface area (Å²) in [5.74, 6) is -1.41. The molecule has 0 radical (unpaired) electrons. The highest BCUT2D eigenvalue weighted by molar-refractivity contribution is 7.90. The highest BCUT2D eigenvalue weighted by Crippen LogP contribution is 2.33. The number of amides is 1. The van der Waals surface area contributed by atoms with Crippen molar-refractivity contribution in [3.8, 4) is 28.8 Å². The first-order valence-electron chi connectivity index (χ1n) is 11.2. The van der Waals surface area contributed by atoms with Crippen molar-refractivity contribution in [2.75, 3.05) is 12.8 Å². The third-order valence-electron chi connectivity index (χ3n) is 5.47. The molecule has 0 fully saturated rings. The number of ether oxygens (including phenoxy) is 2. The summed E-state index contributed by atoms with van der Waals surface area (Å²) in [6, 6.07) is 11.8. The molecule has 12 heteroatoms. The zero-order chi connectivity index (χ0) is 27.6. The fourth-order valence-electron chi connectivity index (χ4n) is 3.80. The van der Waals surface area contributed by atoms with Crippen LogP contribution in [0.2, 0.25) is 0 Å². The number of sulfonamides is 1. The predicted octanol–water partition coefficient (Wildman–Crippen LogP) is 4.10. The van der Waals surface area contributed by atoms with E-state index in [1.54, 1.807) is 0 Å². The molecule has 10 nitrogen and oxygen atoms in total. The minimum atomic E-state index is -4.38. The van der Waals surface area contributed by atoms with E-state index >= 15 is 0 Å². The number of pyridine rings is 3. The average molecular weight is 538 g/mol. The van der Waals surface area contributed by atoms with Gasteiger partial charge in [-0.15, -0.1) is 0 Å². The van der Waals surface area contributed by atoms with Gasteiger partial charge in [0.1, 0.15) is 17.1 Å². The summed E-state index contributed by atoms with van der Waals surface area (Å²) in [5.41, 5.74) is 8.05. The molecule has 0 aliphatic heterocycles. The number of nitrogen functional groups attached to an aromatic ring is 1. The second kappa shape index (κ2) is 10.4. The second-order valence-electron chi connectivity index (χ2n) is 8.42. The summed E-state index contributed by atoms with van der Waals surface area (Å²) in [6.07, 6.45) is 0.983. The molecule has 0 atom stereocenters. The van der Waals surface area contributed by atoms with Crippen molar-refractivity contribution in [2.45, 2.75) is 25.8 Å². The lowest BCUT2D eigenvalue weighted by Gasteiger charge is -2.16. The van der Waals surface area contributed by atoms with Crippen molar-refractivity contribution in [1.29, 1.82) is 0 Å². The predicted molar refractivity (Wildman–Crippen MR) is 138 cm³/mol. The van der Waals surface area contributed by atoms with Gasteiger partial charge >= 0.3 is 0 Å². The van der Waals surface area contributed by atoms with Crippen molar-refractivity contribution in [1.82, 2.24) is 19.7 Å². The van der Waals surface area contributed by atoms with E-state index < -0.39 is 26.8 Å². The lowest BCUT2D eigenvalue weighted by molar-refractivity contribution is 0.0978. The van der Waals surface area contributed by atoms with Crippen LogP contribution in [0.1, 0.15) is 27.0 Å². The van der Waals surface area contributed by atoms with Gasteiger partial charge in [-0.3, -0.25) is 4.79 Å².